The highest BCUT2D eigenvalue weighted by Crippen LogP contribution is 2.33. The summed E-state index contributed by atoms with van der Waals surface area (Å²) in [5.74, 6) is 1.11. The highest BCUT2D eigenvalue weighted by Gasteiger charge is 2.23. The number of carbonyl (C=O) groups excluding carboxylic acids is 1. The van der Waals surface area contributed by atoms with Crippen LogP contribution in [0.4, 0.5) is 0 Å². The van der Waals surface area contributed by atoms with E-state index in [-0.39, 0.29) is 24.2 Å². The van der Waals surface area contributed by atoms with Gasteiger partial charge in [0.2, 0.25) is 0 Å². The number of rotatable bonds is 8. The third-order valence-electron chi connectivity index (χ3n) is 6.05. The van der Waals surface area contributed by atoms with E-state index < -0.39 is 5.97 Å². The summed E-state index contributed by atoms with van der Waals surface area (Å²) in [5, 5.41) is 5.08. The molecule has 4 rings (SSSR count). The molecule has 1 aromatic heterocycles. The van der Waals surface area contributed by atoms with Crippen molar-refractivity contribution in [2.75, 3.05) is 13.7 Å². The fraction of sp³-hybridized carbons (Fsp3) is 0.407. The monoisotopic (exact) mass is 555 g/mol. The lowest BCUT2D eigenvalue weighted by Gasteiger charge is -2.22. The molecule has 0 bridgehead atoms. The van der Waals surface area contributed by atoms with Crippen LogP contribution in [0.25, 0.3) is 10.9 Å². The number of esters is 1. The van der Waals surface area contributed by atoms with Crippen molar-refractivity contribution in [1.29, 1.82) is 0 Å². The summed E-state index contributed by atoms with van der Waals surface area (Å²) in [6.07, 6.45) is 6.63. The van der Waals surface area contributed by atoms with Crippen LogP contribution in [-0.4, -0.2) is 41.7 Å². The number of para-hydroxylation sites is 1. The van der Waals surface area contributed by atoms with Crippen molar-refractivity contribution in [2.45, 2.75) is 58.0 Å². The summed E-state index contributed by atoms with van der Waals surface area (Å²) < 4.78 is 18.6. The molecule has 0 spiro atoms. The van der Waals surface area contributed by atoms with E-state index in [4.69, 9.17) is 19.2 Å². The van der Waals surface area contributed by atoms with Gasteiger partial charge >= 0.3 is 5.97 Å². The molecule has 190 valence electrons. The summed E-state index contributed by atoms with van der Waals surface area (Å²) in [5.41, 5.74) is 0.982. The Morgan fingerprint density at radius 1 is 1.22 bits per heavy atom. The van der Waals surface area contributed by atoms with Crippen LogP contribution in [0.2, 0.25) is 0 Å². The second-order valence-corrected chi connectivity index (χ2v) is 9.95. The molecule has 0 atom stereocenters. The topological polar surface area (TPSA) is 92.0 Å². The minimum absolute atomic E-state index is 0.156. The van der Waals surface area contributed by atoms with Crippen LogP contribution in [-0.2, 0) is 9.53 Å². The standard InChI is InChI=1S/C27H30BrN3O5/c1-17(2)36-24(32)16-35-25-19(10-7-11-23(25)34-3)15-29-31-26(18-8-5-4-6-9-18)30-22-13-12-20(28)14-21(22)27(31)33/h7,10-15,17-18H,4-6,8-9,16H2,1-3H3. The molecule has 9 heteroatoms. The lowest BCUT2D eigenvalue weighted by Crippen LogP contribution is -2.25. The second-order valence-electron chi connectivity index (χ2n) is 9.03. The van der Waals surface area contributed by atoms with Crippen molar-refractivity contribution in [3.63, 3.8) is 0 Å². The molecule has 0 aliphatic heterocycles. The van der Waals surface area contributed by atoms with E-state index in [2.05, 4.69) is 21.0 Å². The maximum Gasteiger partial charge on any atom is 0.344 e. The predicted molar refractivity (Wildman–Crippen MR) is 142 cm³/mol. The highest BCUT2D eigenvalue weighted by atomic mass is 79.9. The average molecular weight is 556 g/mol. The summed E-state index contributed by atoms with van der Waals surface area (Å²) >= 11 is 3.45. The van der Waals surface area contributed by atoms with Crippen LogP contribution in [0.15, 0.2) is 50.8 Å². The molecular formula is C27H30BrN3O5. The van der Waals surface area contributed by atoms with Gasteiger partial charge in [0.1, 0.15) is 5.82 Å². The predicted octanol–water partition coefficient (Wildman–Crippen LogP) is 5.43. The minimum atomic E-state index is -0.487. The van der Waals surface area contributed by atoms with Crippen molar-refractivity contribution >= 4 is 39.0 Å². The third-order valence-corrected chi connectivity index (χ3v) is 6.54. The summed E-state index contributed by atoms with van der Waals surface area (Å²) in [6.45, 7) is 3.27. The number of aromatic nitrogens is 2. The lowest BCUT2D eigenvalue weighted by atomic mass is 9.88. The van der Waals surface area contributed by atoms with Crippen LogP contribution in [0.1, 0.15) is 63.3 Å². The number of halogens is 1. The maximum absolute atomic E-state index is 13.6. The van der Waals surface area contributed by atoms with Crippen LogP contribution >= 0.6 is 15.9 Å². The molecule has 0 amide bonds. The minimum Gasteiger partial charge on any atom is -0.493 e. The zero-order valence-corrected chi connectivity index (χ0v) is 22.3. The Labute approximate surface area is 218 Å². The van der Waals surface area contributed by atoms with Gasteiger partial charge in [-0.1, -0.05) is 41.3 Å². The van der Waals surface area contributed by atoms with Gasteiger partial charge < -0.3 is 14.2 Å². The van der Waals surface area contributed by atoms with E-state index in [0.29, 0.717) is 33.8 Å². The van der Waals surface area contributed by atoms with Gasteiger partial charge in [-0.15, -0.1) is 0 Å². The van der Waals surface area contributed by atoms with Gasteiger partial charge in [-0.05, 0) is 57.0 Å². The summed E-state index contributed by atoms with van der Waals surface area (Å²) in [4.78, 5) is 30.5. The number of benzene rings is 2. The number of hydrogen-bond acceptors (Lipinski definition) is 7. The quantitative estimate of drug-likeness (QED) is 0.272. The molecule has 0 radical (unpaired) electrons. The van der Waals surface area contributed by atoms with Crippen LogP contribution < -0.4 is 15.0 Å². The average Bonchev–Trinajstić information content (AvgIpc) is 2.87. The van der Waals surface area contributed by atoms with Gasteiger partial charge in [-0.2, -0.15) is 9.78 Å². The van der Waals surface area contributed by atoms with Crippen molar-refractivity contribution in [1.82, 2.24) is 9.66 Å². The zero-order valence-electron chi connectivity index (χ0n) is 20.7. The van der Waals surface area contributed by atoms with Crippen molar-refractivity contribution in [3.8, 4) is 11.5 Å². The van der Waals surface area contributed by atoms with Gasteiger partial charge in [0.15, 0.2) is 18.1 Å². The Hall–Kier alpha value is -3.20. The molecule has 0 N–H and O–H groups in total. The first-order valence-electron chi connectivity index (χ1n) is 12.1. The van der Waals surface area contributed by atoms with Gasteiger partial charge in [-0.3, -0.25) is 4.79 Å². The van der Waals surface area contributed by atoms with Crippen LogP contribution in [0.5, 0.6) is 11.5 Å². The Bertz CT molecular complexity index is 1330. The number of methoxy groups -OCH3 is 1. The molecule has 36 heavy (non-hydrogen) atoms. The molecule has 1 aliphatic carbocycles. The van der Waals surface area contributed by atoms with Crippen LogP contribution in [0.3, 0.4) is 0 Å². The van der Waals surface area contributed by atoms with Crippen molar-refractivity contribution in [2.24, 2.45) is 5.10 Å². The Balaban J connectivity index is 1.75. The molecule has 3 aromatic rings. The van der Waals surface area contributed by atoms with E-state index in [1.807, 2.05) is 12.1 Å². The molecule has 1 aliphatic rings. The largest absolute Gasteiger partial charge is 0.493 e. The Morgan fingerprint density at radius 3 is 2.72 bits per heavy atom. The molecule has 1 saturated carbocycles. The number of carbonyl (C=O) groups is 1. The fourth-order valence-corrected chi connectivity index (χ4v) is 4.76. The van der Waals surface area contributed by atoms with Gasteiger partial charge in [0.05, 0.1) is 30.3 Å². The first-order chi connectivity index (χ1) is 17.4. The molecule has 8 nitrogen and oxygen atoms in total. The van der Waals surface area contributed by atoms with Gasteiger partial charge in [0.25, 0.3) is 5.56 Å². The third kappa shape index (κ3) is 5.95. The summed E-state index contributed by atoms with van der Waals surface area (Å²) in [7, 11) is 1.52. The molecule has 1 fully saturated rings. The van der Waals surface area contributed by atoms with Gasteiger partial charge in [-0.25, -0.2) is 9.78 Å². The summed E-state index contributed by atoms with van der Waals surface area (Å²) in [6, 6.07) is 10.8. The SMILES string of the molecule is COc1cccc(C=Nn2c(C3CCCCC3)nc3ccc(Br)cc3c2=O)c1OCC(=O)OC(C)C. The van der Waals surface area contributed by atoms with E-state index in [0.717, 1.165) is 30.2 Å². The normalized spacial score (nSPS) is 14.5. The Kier molecular flexibility index (Phi) is 8.40. The van der Waals surface area contributed by atoms with Crippen molar-refractivity contribution < 1.29 is 19.0 Å². The molecule has 1 heterocycles. The van der Waals surface area contributed by atoms with Crippen LogP contribution in [0, 0.1) is 0 Å². The maximum atomic E-state index is 13.6. The van der Waals surface area contributed by atoms with E-state index in [1.54, 1.807) is 44.3 Å². The molecule has 0 unspecified atom stereocenters. The van der Waals surface area contributed by atoms with Crippen molar-refractivity contribution in [3.05, 3.63) is 62.6 Å². The second kappa shape index (κ2) is 11.7. The highest BCUT2D eigenvalue weighted by molar-refractivity contribution is 9.10. The Morgan fingerprint density at radius 2 is 2.00 bits per heavy atom. The number of hydrogen-bond donors (Lipinski definition) is 0. The van der Waals surface area contributed by atoms with E-state index >= 15 is 0 Å². The number of fused-ring (bicyclic) bond motifs is 1. The molecule has 0 saturated heterocycles. The first kappa shape index (κ1) is 25.9. The van der Waals surface area contributed by atoms with E-state index in [1.165, 1.54) is 18.2 Å². The lowest BCUT2D eigenvalue weighted by molar-refractivity contribution is -0.149. The fourth-order valence-electron chi connectivity index (χ4n) is 4.40. The van der Waals surface area contributed by atoms with Gasteiger partial charge in [0, 0.05) is 16.0 Å². The first-order valence-corrected chi connectivity index (χ1v) is 12.9. The number of nitrogens with zero attached hydrogens (tertiary/aromatic N) is 3. The zero-order chi connectivity index (χ0) is 25.7. The molecular weight excluding hydrogens is 526 g/mol. The van der Waals surface area contributed by atoms with E-state index in [9.17, 15) is 9.59 Å². The number of ether oxygens (including phenoxy) is 3. The smallest absolute Gasteiger partial charge is 0.344 e. The molecule has 2 aromatic carbocycles.